The molecule has 3 heterocycles. The standard InChI is InChI=1S/C22H26N4O3/c27-20(25-29)18-12-17-6-11-26(15-19(17)24-14-18)21(28)22(7-9-23-10-8-22)13-16-4-2-1-3-5-16/h1-5,12,14,23,29H,6-11,13,15H2,(H,25,27). The molecule has 29 heavy (non-hydrogen) atoms. The predicted octanol–water partition coefficient (Wildman–Crippen LogP) is 1.70. The Morgan fingerprint density at radius 3 is 2.69 bits per heavy atom. The lowest BCUT2D eigenvalue weighted by atomic mass is 9.72. The van der Waals surface area contributed by atoms with E-state index in [4.69, 9.17) is 5.21 Å². The maximum absolute atomic E-state index is 13.7. The zero-order valence-electron chi connectivity index (χ0n) is 16.4. The van der Waals surface area contributed by atoms with E-state index in [0.717, 1.165) is 43.6 Å². The normalized spacial score (nSPS) is 18.0. The Bertz CT molecular complexity index is 894. The topological polar surface area (TPSA) is 94.6 Å². The van der Waals surface area contributed by atoms with Crippen molar-refractivity contribution < 1.29 is 14.8 Å². The molecular weight excluding hydrogens is 368 g/mol. The first-order chi connectivity index (χ1) is 14.1. The van der Waals surface area contributed by atoms with E-state index in [1.54, 1.807) is 11.5 Å². The molecule has 1 aromatic carbocycles. The maximum atomic E-state index is 13.7. The Morgan fingerprint density at radius 1 is 1.21 bits per heavy atom. The third kappa shape index (κ3) is 4.02. The summed E-state index contributed by atoms with van der Waals surface area (Å²) in [6.07, 6.45) is 4.50. The Balaban J connectivity index is 1.55. The average molecular weight is 394 g/mol. The van der Waals surface area contributed by atoms with Crippen LogP contribution in [0.2, 0.25) is 0 Å². The Kier molecular flexibility index (Phi) is 5.60. The van der Waals surface area contributed by atoms with E-state index in [2.05, 4.69) is 22.4 Å². The van der Waals surface area contributed by atoms with Crippen molar-refractivity contribution in [3.8, 4) is 0 Å². The lowest BCUT2D eigenvalue weighted by molar-refractivity contribution is -0.145. The number of amides is 2. The van der Waals surface area contributed by atoms with Gasteiger partial charge in [-0.05, 0) is 56.0 Å². The molecule has 2 aromatic rings. The molecule has 7 heteroatoms. The number of carbonyl (C=O) groups is 2. The fourth-order valence-corrected chi connectivity index (χ4v) is 4.47. The maximum Gasteiger partial charge on any atom is 0.276 e. The highest BCUT2D eigenvalue weighted by Gasteiger charge is 2.42. The van der Waals surface area contributed by atoms with Crippen LogP contribution in [0.25, 0.3) is 0 Å². The Labute approximate surface area is 170 Å². The van der Waals surface area contributed by atoms with E-state index in [-0.39, 0.29) is 11.3 Å². The van der Waals surface area contributed by atoms with Crippen LogP contribution in [0.1, 0.15) is 40.0 Å². The first-order valence-corrected chi connectivity index (χ1v) is 10.1. The first-order valence-electron chi connectivity index (χ1n) is 10.1. The highest BCUT2D eigenvalue weighted by molar-refractivity contribution is 5.93. The number of hydrogen-bond acceptors (Lipinski definition) is 5. The van der Waals surface area contributed by atoms with E-state index in [1.165, 1.54) is 11.8 Å². The molecule has 2 amide bonds. The summed E-state index contributed by atoms with van der Waals surface area (Å²) in [6.45, 7) is 2.77. The van der Waals surface area contributed by atoms with Crippen LogP contribution in [0.4, 0.5) is 0 Å². The van der Waals surface area contributed by atoms with Crippen molar-refractivity contribution in [1.29, 1.82) is 0 Å². The largest absolute Gasteiger partial charge is 0.336 e. The van der Waals surface area contributed by atoms with Gasteiger partial charge >= 0.3 is 0 Å². The first kappa shape index (κ1) is 19.5. The van der Waals surface area contributed by atoms with Crippen molar-refractivity contribution in [3.63, 3.8) is 0 Å². The molecular formula is C22H26N4O3. The molecule has 0 unspecified atom stereocenters. The zero-order chi connectivity index (χ0) is 20.3. The fraction of sp³-hybridized carbons (Fsp3) is 0.409. The summed E-state index contributed by atoms with van der Waals surface area (Å²) in [5, 5.41) is 12.2. The van der Waals surface area contributed by atoms with Gasteiger partial charge in [-0.3, -0.25) is 19.8 Å². The summed E-state index contributed by atoms with van der Waals surface area (Å²) in [5.41, 5.74) is 4.54. The van der Waals surface area contributed by atoms with Crippen LogP contribution in [-0.2, 0) is 24.2 Å². The van der Waals surface area contributed by atoms with Crippen LogP contribution in [0.15, 0.2) is 42.6 Å². The smallest absolute Gasteiger partial charge is 0.276 e. The molecule has 2 aliphatic heterocycles. The minimum absolute atomic E-state index is 0.201. The predicted molar refractivity (Wildman–Crippen MR) is 107 cm³/mol. The van der Waals surface area contributed by atoms with Crippen molar-refractivity contribution >= 4 is 11.8 Å². The van der Waals surface area contributed by atoms with Gasteiger partial charge in [0.1, 0.15) is 0 Å². The van der Waals surface area contributed by atoms with E-state index >= 15 is 0 Å². The molecule has 4 rings (SSSR count). The molecule has 152 valence electrons. The molecule has 0 atom stereocenters. The van der Waals surface area contributed by atoms with Gasteiger partial charge in [-0.15, -0.1) is 0 Å². The molecule has 3 N–H and O–H groups in total. The molecule has 0 aliphatic carbocycles. The Hall–Kier alpha value is -2.77. The summed E-state index contributed by atoms with van der Waals surface area (Å²) in [6, 6.07) is 12.0. The summed E-state index contributed by atoms with van der Waals surface area (Å²) in [5.74, 6) is -0.372. The van der Waals surface area contributed by atoms with Crippen molar-refractivity contribution in [1.82, 2.24) is 20.7 Å². The number of hydrogen-bond donors (Lipinski definition) is 3. The fourth-order valence-electron chi connectivity index (χ4n) is 4.47. The van der Waals surface area contributed by atoms with Gasteiger partial charge in [0.2, 0.25) is 5.91 Å². The molecule has 1 fully saturated rings. The number of fused-ring (bicyclic) bond motifs is 1. The number of aromatic nitrogens is 1. The second kappa shape index (κ2) is 8.31. The Morgan fingerprint density at radius 2 is 1.97 bits per heavy atom. The number of benzene rings is 1. The van der Waals surface area contributed by atoms with Gasteiger partial charge in [0, 0.05) is 12.7 Å². The van der Waals surface area contributed by atoms with Crippen molar-refractivity contribution in [3.05, 3.63) is 65.0 Å². The minimum atomic E-state index is -0.574. The molecule has 7 nitrogen and oxygen atoms in total. The van der Waals surface area contributed by atoms with Crippen LogP contribution >= 0.6 is 0 Å². The monoisotopic (exact) mass is 394 g/mol. The van der Waals surface area contributed by atoms with Crippen LogP contribution in [-0.4, -0.2) is 46.5 Å². The molecule has 2 aliphatic rings. The molecule has 0 radical (unpaired) electrons. The quantitative estimate of drug-likeness (QED) is 0.542. The SMILES string of the molecule is O=C(NO)c1cnc2c(c1)CCN(C(=O)C1(Cc3ccccc3)CCNCC1)C2. The number of rotatable bonds is 4. The van der Waals surface area contributed by atoms with Crippen LogP contribution in [0.3, 0.4) is 0 Å². The third-order valence-electron chi connectivity index (χ3n) is 6.10. The number of pyridine rings is 1. The minimum Gasteiger partial charge on any atom is -0.336 e. The number of nitrogens with one attached hydrogen (secondary N) is 2. The van der Waals surface area contributed by atoms with E-state index in [0.29, 0.717) is 25.1 Å². The van der Waals surface area contributed by atoms with Gasteiger partial charge < -0.3 is 10.2 Å². The molecule has 0 bridgehead atoms. The molecule has 1 aromatic heterocycles. The number of nitrogens with zero attached hydrogens (tertiary/aromatic N) is 2. The van der Waals surface area contributed by atoms with Crippen LogP contribution < -0.4 is 10.8 Å². The summed E-state index contributed by atoms with van der Waals surface area (Å²) in [7, 11) is 0. The van der Waals surface area contributed by atoms with E-state index < -0.39 is 5.91 Å². The molecule has 0 spiro atoms. The zero-order valence-corrected chi connectivity index (χ0v) is 16.4. The summed E-state index contributed by atoms with van der Waals surface area (Å²) in [4.78, 5) is 31.6. The summed E-state index contributed by atoms with van der Waals surface area (Å²) >= 11 is 0. The van der Waals surface area contributed by atoms with Gasteiger partial charge in [0.15, 0.2) is 0 Å². The average Bonchev–Trinajstić information content (AvgIpc) is 2.78. The number of piperidine rings is 1. The highest BCUT2D eigenvalue weighted by atomic mass is 16.5. The van der Waals surface area contributed by atoms with Gasteiger partial charge in [0.05, 0.1) is 23.2 Å². The highest BCUT2D eigenvalue weighted by Crippen LogP contribution is 2.36. The molecule has 1 saturated heterocycles. The lowest BCUT2D eigenvalue weighted by Crippen LogP contribution is -2.51. The van der Waals surface area contributed by atoms with Gasteiger partial charge in [-0.2, -0.15) is 0 Å². The second-order valence-corrected chi connectivity index (χ2v) is 7.94. The second-order valence-electron chi connectivity index (χ2n) is 7.94. The van der Waals surface area contributed by atoms with Crippen molar-refractivity contribution in [2.45, 2.75) is 32.2 Å². The van der Waals surface area contributed by atoms with Crippen LogP contribution in [0.5, 0.6) is 0 Å². The van der Waals surface area contributed by atoms with Gasteiger partial charge in [-0.25, -0.2) is 5.48 Å². The number of carbonyl (C=O) groups excluding carboxylic acids is 2. The van der Waals surface area contributed by atoms with E-state index in [1.807, 2.05) is 23.1 Å². The van der Waals surface area contributed by atoms with E-state index in [9.17, 15) is 9.59 Å². The molecule has 0 saturated carbocycles. The van der Waals surface area contributed by atoms with Gasteiger partial charge in [-0.1, -0.05) is 30.3 Å². The van der Waals surface area contributed by atoms with Gasteiger partial charge in [0.25, 0.3) is 5.91 Å². The number of hydroxylamine groups is 1. The summed E-state index contributed by atoms with van der Waals surface area (Å²) < 4.78 is 0. The van der Waals surface area contributed by atoms with Crippen molar-refractivity contribution in [2.75, 3.05) is 19.6 Å². The third-order valence-corrected chi connectivity index (χ3v) is 6.10. The van der Waals surface area contributed by atoms with Crippen molar-refractivity contribution in [2.24, 2.45) is 5.41 Å². The van der Waals surface area contributed by atoms with Crippen LogP contribution in [0, 0.1) is 5.41 Å². The lowest BCUT2D eigenvalue weighted by Gasteiger charge is -2.41.